The maximum absolute atomic E-state index is 13.1. The van der Waals surface area contributed by atoms with Crippen molar-refractivity contribution >= 4 is 0 Å². The van der Waals surface area contributed by atoms with Crippen LogP contribution in [-0.2, 0) is 13.7 Å². The van der Waals surface area contributed by atoms with E-state index in [4.69, 9.17) is 4.74 Å². The average Bonchev–Trinajstić information content (AvgIpc) is 3.07. The van der Waals surface area contributed by atoms with Crippen molar-refractivity contribution < 1.29 is 9.13 Å². The standard InChI is InChI=1S/C22H20FN5O2/c1-14-5-4-6-20(28-22(29)27(3)25-26-28)18(14)13-30-21-10-7-16(11-15(21)2)19-9-8-17(23)12-24-19/h4-12H,13H2,1-3H3. The normalized spacial score (nSPS) is 10.9. The summed E-state index contributed by atoms with van der Waals surface area (Å²) in [6.07, 6.45) is 1.20. The fourth-order valence-electron chi connectivity index (χ4n) is 3.21. The van der Waals surface area contributed by atoms with Gasteiger partial charge in [0.15, 0.2) is 0 Å². The molecule has 0 spiro atoms. The van der Waals surface area contributed by atoms with Crippen LogP contribution in [0.2, 0.25) is 0 Å². The summed E-state index contributed by atoms with van der Waals surface area (Å²) in [5, 5.41) is 7.73. The third-order valence-electron chi connectivity index (χ3n) is 4.91. The first kappa shape index (κ1) is 19.5. The molecular weight excluding hydrogens is 385 g/mol. The Kier molecular flexibility index (Phi) is 5.14. The molecule has 0 amide bonds. The summed E-state index contributed by atoms with van der Waals surface area (Å²) < 4.78 is 21.6. The van der Waals surface area contributed by atoms with Gasteiger partial charge in [0.05, 0.1) is 17.6 Å². The number of tetrazole rings is 1. The Morgan fingerprint density at radius 3 is 2.53 bits per heavy atom. The summed E-state index contributed by atoms with van der Waals surface area (Å²) in [6, 6.07) is 14.4. The minimum Gasteiger partial charge on any atom is -0.489 e. The quantitative estimate of drug-likeness (QED) is 0.509. The molecule has 0 atom stereocenters. The third kappa shape index (κ3) is 3.71. The molecule has 0 aliphatic rings. The molecule has 2 heterocycles. The SMILES string of the molecule is Cc1cc(-c2ccc(F)cn2)ccc1OCc1c(C)cccc1-n1nnn(C)c1=O. The predicted octanol–water partition coefficient (Wildman–Crippen LogP) is 3.36. The molecule has 152 valence electrons. The van der Waals surface area contributed by atoms with Crippen molar-refractivity contribution in [2.45, 2.75) is 20.5 Å². The zero-order chi connectivity index (χ0) is 21.3. The highest BCUT2D eigenvalue weighted by atomic mass is 19.1. The minimum atomic E-state index is -0.369. The Morgan fingerprint density at radius 1 is 1.03 bits per heavy atom. The van der Waals surface area contributed by atoms with E-state index in [1.807, 2.05) is 50.2 Å². The maximum atomic E-state index is 13.1. The summed E-state index contributed by atoms with van der Waals surface area (Å²) in [5.41, 5.74) is 4.63. The second kappa shape index (κ2) is 7.90. The second-order valence-corrected chi connectivity index (χ2v) is 7.00. The van der Waals surface area contributed by atoms with Gasteiger partial charge in [-0.25, -0.2) is 9.18 Å². The van der Waals surface area contributed by atoms with Gasteiger partial charge in [-0.2, -0.15) is 9.36 Å². The topological polar surface area (TPSA) is 74.8 Å². The van der Waals surface area contributed by atoms with Crippen LogP contribution in [0.1, 0.15) is 16.7 Å². The van der Waals surface area contributed by atoms with Crippen LogP contribution in [0.4, 0.5) is 4.39 Å². The Balaban J connectivity index is 1.60. The second-order valence-electron chi connectivity index (χ2n) is 7.00. The van der Waals surface area contributed by atoms with E-state index in [-0.39, 0.29) is 18.1 Å². The summed E-state index contributed by atoms with van der Waals surface area (Å²) >= 11 is 0. The number of aromatic nitrogens is 5. The van der Waals surface area contributed by atoms with Gasteiger partial charge in [0.2, 0.25) is 0 Å². The lowest BCUT2D eigenvalue weighted by atomic mass is 10.1. The zero-order valence-electron chi connectivity index (χ0n) is 16.8. The van der Waals surface area contributed by atoms with Gasteiger partial charge in [-0.05, 0) is 71.8 Å². The molecule has 2 aromatic carbocycles. The van der Waals surface area contributed by atoms with E-state index < -0.39 is 0 Å². The molecule has 4 aromatic rings. The average molecular weight is 405 g/mol. The van der Waals surface area contributed by atoms with E-state index in [1.54, 1.807) is 13.1 Å². The fraction of sp³-hybridized carbons (Fsp3) is 0.182. The molecule has 0 bridgehead atoms. The molecular formula is C22H20FN5O2. The van der Waals surface area contributed by atoms with Gasteiger partial charge in [-0.1, -0.05) is 12.1 Å². The molecule has 2 aromatic heterocycles. The number of aryl methyl sites for hydroxylation is 3. The van der Waals surface area contributed by atoms with Crippen LogP contribution < -0.4 is 10.4 Å². The highest BCUT2D eigenvalue weighted by molar-refractivity contribution is 5.61. The maximum Gasteiger partial charge on any atom is 0.368 e. The van der Waals surface area contributed by atoms with Crippen LogP contribution in [0.25, 0.3) is 16.9 Å². The molecule has 0 aliphatic heterocycles. The van der Waals surface area contributed by atoms with Gasteiger partial charge in [0, 0.05) is 18.2 Å². The minimum absolute atomic E-state index is 0.264. The zero-order valence-corrected chi connectivity index (χ0v) is 16.8. The summed E-state index contributed by atoms with van der Waals surface area (Å²) in [5.74, 6) is 0.341. The van der Waals surface area contributed by atoms with Crippen LogP contribution >= 0.6 is 0 Å². The molecule has 0 aliphatic carbocycles. The number of hydrogen-bond acceptors (Lipinski definition) is 5. The summed E-state index contributed by atoms with van der Waals surface area (Å²) in [6.45, 7) is 4.16. The lowest BCUT2D eigenvalue weighted by Crippen LogP contribution is -2.23. The van der Waals surface area contributed by atoms with E-state index in [0.29, 0.717) is 17.1 Å². The van der Waals surface area contributed by atoms with E-state index >= 15 is 0 Å². The number of halogens is 1. The number of hydrogen-bond donors (Lipinski definition) is 0. The number of pyridine rings is 1. The molecule has 0 fully saturated rings. The molecule has 0 radical (unpaired) electrons. The largest absolute Gasteiger partial charge is 0.489 e. The molecule has 4 rings (SSSR count). The number of nitrogens with zero attached hydrogens (tertiary/aromatic N) is 5. The van der Waals surface area contributed by atoms with Crippen LogP contribution in [0.5, 0.6) is 5.75 Å². The highest BCUT2D eigenvalue weighted by Gasteiger charge is 2.14. The Hall–Kier alpha value is -3.81. The van der Waals surface area contributed by atoms with E-state index in [2.05, 4.69) is 15.4 Å². The van der Waals surface area contributed by atoms with Crippen molar-refractivity contribution in [1.29, 1.82) is 0 Å². The monoisotopic (exact) mass is 405 g/mol. The van der Waals surface area contributed by atoms with Crippen molar-refractivity contribution in [3.05, 3.63) is 87.7 Å². The van der Waals surface area contributed by atoms with Crippen LogP contribution in [0.15, 0.2) is 59.5 Å². The van der Waals surface area contributed by atoms with Gasteiger partial charge in [-0.15, -0.1) is 0 Å². The molecule has 0 saturated heterocycles. The van der Waals surface area contributed by atoms with Gasteiger partial charge >= 0.3 is 5.69 Å². The molecule has 7 nitrogen and oxygen atoms in total. The van der Waals surface area contributed by atoms with Crippen molar-refractivity contribution in [3.63, 3.8) is 0 Å². The van der Waals surface area contributed by atoms with Gasteiger partial charge in [0.1, 0.15) is 18.2 Å². The summed E-state index contributed by atoms with van der Waals surface area (Å²) in [7, 11) is 1.55. The van der Waals surface area contributed by atoms with Gasteiger partial charge < -0.3 is 4.74 Å². The first-order valence-electron chi connectivity index (χ1n) is 9.37. The molecule has 30 heavy (non-hydrogen) atoms. The number of benzene rings is 2. The lowest BCUT2D eigenvalue weighted by Gasteiger charge is -2.15. The highest BCUT2D eigenvalue weighted by Crippen LogP contribution is 2.27. The summed E-state index contributed by atoms with van der Waals surface area (Å²) in [4.78, 5) is 16.4. The Morgan fingerprint density at radius 2 is 1.87 bits per heavy atom. The molecule has 0 saturated carbocycles. The Labute approximate surface area is 172 Å². The van der Waals surface area contributed by atoms with Crippen molar-refractivity contribution in [1.82, 2.24) is 24.8 Å². The van der Waals surface area contributed by atoms with Crippen LogP contribution in [0.3, 0.4) is 0 Å². The third-order valence-corrected chi connectivity index (χ3v) is 4.91. The smallest absolute Gasteiger partial charge is 0.368 e. The predicted molar refractivity (Wildman–Crippen MR) is 110 cm³/mol. The first-order chi connectivity index (χ1) is 14.4. The molecule has 8 heteroatoms. The molecule has 0 N–H and O–H groups in total. The fourth-order valence-corrected chi connectivity index (χ4v) is 3.21. The van der Waals surface area contributed by atoms with E-state index in [0.717, 1.165) is 22.3 Å². The Bertz CT molecular complexity index is 1260. The lowest BCUT2D eigenvalue weighted by molar-refractivity contribution is 0.302. The van der Waals surface area contributed by atoms with E-state index in [1.165, 1.54) is 21.6 Å². The van der Waals surface area contributed by atoms with E-state index in [9.17, 15) is 9.18 Å². The van der Waals surface area contributed by atoms with Crippen LogP contribution in [0, 0.1) is 19.7 Å². The van der Waals surface area contributed by atoms with Crippen molar-refractivity contribution in [3.8, 4) is 22.7 Å². The van der Waals surface area contributed by atoms with Crippen molar-refractivity contribution in [2.24, 2.45) is 7.05 Å². The number of ether oxygens (including phenoxy) is 1. The van der Waals surface area contributed by atoms with Crippen LogP contribution in [-0.4, -0.2) is 24.8 Å². The molecule has 0 unspecified atom stereocenters. The van der Waals surface area contributed by atoms with Crippen molar-refractivity contribution in [2.75, 3.05) is 0 Å². The first-order valence-corrected chi connectivity index (χ1v) is 9.37. The number of rotatable bonds is 5. The van der Waals surface area contributed by atoms with Gasteiger partial charge in [0.25, 0.3) is 0 Å². The van der Waals surface area contributed by atoms with Gasteiger partial charge in [-0.3, -0.25) is 4.98 Å².